The monoisotopic (exact) mass is 532 g/mol. The van der Waals surface area contributed by atoms with Crippen LogP contribution in [-0.4, -0.2) is 16.7 Å². The van der Waals surface area contributed by atoms with E-state index in [2.05, 4.69) is 114 Å². The highest BCUT2D eigenvalue weighted by Gasteiger charge is 2.41. The molecule has 0 saturated heterocycles. The van der Waals surface area contributed by atoms with Gasteiger partial charge in [-0.05, 0) is 41.6 Å². The van der Waals surface area contributed by atoms with Crippen molar-refractivity contribution in [3.05, 3.63) is 108 Å². The van der Waals surface area contributed by atoms with Crippen molar-refractivity contribution in [3.63, 3.8) is 0 Å². The van der Waals surface area contributed by atoms with Crippen LogP contribution in [-0.2, 0) is 10.2 Å². The maximum atomic E-state index is 10.4. The predicted molar refractivity (Wildman–Crippen MR) is 167 cm³/mol. The van der Waals surface area contributed by atoms with Gasteiger partial charge in [-0.3, -0.25) is 4.79 Å². The fraction of sp³-hybridized carbons (Fsp3) is 0.457. The third-order valence-electron chi connectivity index (χ3n) is 7.61. The molecule has 0 aliphatic rings. The molecule has 38 heavy (non-hydrogen) atoms. The molecule has 0 aliphatic heterocycles. The van der Waals surface area contributed by atoms with E-state index < -0.39 is 5.97 Å². The van der Waals surface area contributed by atoms with Gasteiger partial charge in [0.15, 0.2) is 0 Å². The van der Waals surface area contributed by atoms with E-state index in [4.69, 9.17) is 5.11 Å². The third-order valence-corrected chi connectivity index (χ3v) is 8.44. The molecule has 0 spiro atoms. The van der Waals surface area contributed by atoms with E-state index in [1.807, 2.05) is 6.92 Å². The Balaban J connectivity index is 0.000000432. The molecule has 2 nitrogen and oxygen atoms in total. The van der Waals surface area contributed by atoms with Crippen LogP contribution < -0.4 is 0 Å². The van der Waals surface area contributed by atoms with Crippen molar-refractivity contribution in [2.75, 3.05) is 0 Å². The third kappa shape index (κ3) is 9.09. The van der Waals surface area contributed by atoms with Crippen LogP contribution in [0.15, 0.2) is 91.0 Å². The summed E-state index contributed by atoms with van der Waals surface area (Å²) < 4.78 is 0. The lowest BCUT2D eigenvalue weighted by atomic mass is 9.66. The van der Waals surface area contributed by atoms with Crippen molar-refractivity contribution in [2.45, 2.75) is 96.1 Å². The second-order valence-electron chi connectivity index (χ2n) is 10.3. The minimum absolute atomic E-state index is 0.111. The summed E-state index contributed by atoms with van der Waals surface area (Å²) >= 11 is 0. The van der Waals surface area contributed by atoms with E-state index in [0.717, 1.165) is 25.7 Å². The number of carboxylic acid groups (broad SMARTS) is 1. The van der Waals surface area contributed by atoms with Gasteiger partial charge in [-0.15, -0.1) is 9.24 Å². The Labute approximate surface area is 234 Å². The first-order valence-electron chi connectivity index (χ1n) is 14.7. The molecular formula is C35H49O2P. The summed E-state index contributed by atoms with van der Waals surface area (Å²) in [6, 6.07) is 33.2. The lowest BCUT2D eigenvalue weighted by Gasteiger charge is -2.41. The molecule has 3 aromatic rings. The molecule has 3 heteroatoms. The Kier molecular flexibility index (Phi) is 15.0. The van der Waals surface area contributed by atoms with Crippen LogP contribution in [0, 0.1) is 5.92 Å². The normalized spacial score (nSPS) is 12.7. The van der Waals surface area contributed by atoms with E-state index in [1.165, 1.54) is 55.2 Å². The summed E-state index contributed by atoms with van der Waals surface area (Å²) in [5.74, 6) is -0.754. The van der Waals surface area contributed by atoms with E-state index in [0.29, 0.717) is 5.66 Å². The number of rotatable bonds is 15. The van der Waals surface area contributed by atoms with Crippen molar-refractivity contribution < 1.29 is 9.90 Å². The van der Waals surface area contributed by atoms with Crippen molar-refractivity contribution in [2.24, 2.45) is 5.92 Å². The molecule has 3 unspecified atom stereocenters. The number of hydrogen-bond acceptors (Lipinski definition) is 1. The van der Waals surface area contributed by atoms with Gasteiger partial charge in [0.1, 0.15) is 0 Å². The first-order valence-corrected chi connectivity index (χ1v) is 15.3. The van der Waals surface area contributed by atoms with Gasteiger partial charge in [0.25, 0.3) is 0 Å². The van der Waals surface area contributed by atoms with E-state index in [9.17, 15) is 4.79 Å². The van der Waals surface area contributed by atoms with Gasteiger partial charge < -0.3 is 5.11 Å². The fourth-order valence-corrected chi connectivity index (χ4v) is 6.20. The smallest absolute Gasteiger partial charge is 0.306 e. The van der Waals surface area contributed by atoms with Gasteiger partial charge in [-0.2, -0.15) is 0 Å². The molecule has 0 aliphatic carbocycles. The first kappa shape index (κ1) is 31.8. The quantitative estimate of drug-likeness (QED) is 0.120. The van der Waals surface area contributed by atoms with Crippen molar-refractivity contribution in [1.29, 1.82) is 0 Å². The van der Waals surface area contributed by atoms with Gasteiger partial charge in [0.2, 0.25) is 0 Å². The highest BCUT2D eigenvalue weighted by atomic mass is 31.0. The van der Waals surface area contributed by atoms with E-state index in [-0.39, 0.29) is 11.3 Å². The summed E-state index contributed by atoms with van der Waals surface area (Å²) in [4.78, 5) is 10.4. The highest BCUT2D eigenvalue weighted by molar-refractivity contribution is 7.17. The van der Waals surface area contributed by atoms with Crippen LogP contribution in [0.5, 0.6) is 0 Å². The number of benzene rings is 3. The number of carbonyl (C=O) groups is 1. The molecule has 0 aromatic heterocycles. The van der Waals surface area contributed by atoms with E-state index >= 15 is 0 Å². The molecule has 3 aromatic carbocycles. The molecule has 0 fully saturated rings. The molecular weight excluding hydrogens is 483 g/mol. The largest absolute Gasteiger partial charge is 0.481 e. The summed E-state index contributed by atoms with van der Waals surface area (Å²) in [5, 5.41) is 8.60. The predicted octanol–water partition coefficient (Wildman–Crippen LogP) is 9.91. The van der Waals surface area contributed by atoms with Crippen LogP contribution in [0.1, 0.15) is 102 Å². The SMILES string of the molecule is CCCCC(CC)C(=O)O.CCCCCCCC(P)C(c1ccccc1)(c1ccccc1)c1ccccc1. The van der Waals surface area contributed by atoms with Gasteiger partial charge in [-0.1, -0.05) is 157 Å². The number of aliphatic carboxylic acids is 1. The van der Waals surface area contributed by atoms with Gasteiger partial charge >= 0.3 is 5.97 Å². The zero-order chi connectivity index (χ0) is 27.6. The van der Waals surface area contributed by atoms with Gasteiger partial charge in [0, 0.05) is 0 Å². The van der Waals surface area contributed by atoms with Crippen LogP contribution in [0.2, 0.25) is 0 Å². The molecule has 1 N–H and O–H groups in total. The Morgan fingerprint density at radius 2 is 1.08 bits per heavy atom. The van der Waals surface area contributed by atoms with Crippen LogP contribution in [0.4, 0.5) is 0 Å². The average Bonchev–Trinajstić information content (AvgIpc) is 2.96. The molecule has 206 valence electrons. The highest BCUT2D eigenvalue weighted by Crippen LogP contribution is 2.46. The Morgan fingerprint density at radius 3 is 1.45 bits per heavy atom. The molecule has 3 atom stereocenters. The maximum Gasteiger partial charge on any atom is 0.306 e. The van der Waals surface area contributed by atoms with Crippen LogP contribution in [0.3, 0.4) is 0 Å². The first-order chi connectivity index (χ1) is 18.5. The molecule has 0 bridgehead atoms. The summed E-state index contributed by atoms with van der Waals surface area (Å²) in [6.07, 6.45) is 11.5. The fourth-order valence-electron chi connectivity index (χ4n) is 5.38. The Bertz CT molecular complexity index is 907. The minimum Gasteiger partial charge on any atom is -0.481 e. The van der Waals surface area contributed by atoms with Gasteiger partial charge in [0.05, 0.1) is 11.3 Å². The number of carboxylic acids is 1. The van der Waals surface area contributed by atoms with Gasteiger partial charge in [-0.25, -0.2) is 0 Å². The topological polar surface area (TPSA) is 37.3 Å². The molecule has 0 radical (unpaired) electrons. The lowest BCUT2D eigenvalue weighted by molar-refractivity contribution is -0.142. The Morgan fingerprint density at radius 1 is 0.658 bits per heavy atom. The second kappa shape index (κ2) is 18.0. The summed E-state index contributed by atoms with van der Waals surface area (Å²) in [7, 11) is 3.22. The van der Waals surface area contributed by atoms with Crippen LogP contribution >= 0.6 is 9.24 Å². The van der Waals surface area contributed by atoms with E-state index in [1.54, 1.807) is 0 Å². The standard InChI is InChI=1S/C27H33P.C8H16O2/c1-2-3-4-5-15-22-26(28)27(23-16-9-6-10-17-23,24-18-11-7-12-19-24)25-20-13-8-14-21-25;1-3-5-6-7(4-2)8(9)10/h6-14,16-21,26H,2-5,15,22,28H2,1H3;7H,3-6H2,1-2H3,(H,9,10). The molecule has 0 saturated carbocycles. The lowest BCUT2D eigenvalue weighted by Crippen LogP contribution is -2.38. The zero-order valence-electron chi connectivity index (χ0n) is 23.8. The van der Waals surface area contributed by atoms with Crippen molar-refractivity contribution in [1.82, 2.24) is 0 Å². The van der Waals surface area contributed by atoms with Crippen molar-refractivity contribution in [3.8, 4) is 0 Å². The average molecular weight is 533 g/mol. The number of unbranched alkanes of at least 4 members (excludes halogenated alkanes) is 5. The Hall–Kier alpha value is -2.44. The molecule has 3 rings (SSSR count). The summed E-state index contributed by atoms with van der Waals surface area (Å²) in [6.45, 7) is 6.28. The summed E-state index contributed by atoms with van der Waals surface area (Å²) in [5.41, 5.74) is 4.41. The molecule has 0 amide bonds. The second-order valence-corrected chi connectivity index (χ2v) is 11.1. The van der Waals surface area contributed by atoms with Crippen LogP contribution in [0.25, 0.3) is 0 Å². The zero-order valence-corrected chi connectivity index (χ0v) is 25.0. The van der Waals surface area contributed by atoms with Crippen molar-refractivity contribution >= 4 is 15.2 Å². The number of hydrogen-bond donors (Lipinski definition) is 1. The minimum atomic E-state index is -0.643. The molecule has 0 heterocycles. The maximum absolute atomic E-state index is 10.4.